The van der Waals surface area contributed by atoms with Crippen molar-refractivity contribution in [2.45, 2.75) is 4.90 Å². The molecular weight excluding hydrogens is 351 g/mol. The van der Waals surface area contributed by atoms with Crippen LogP contribution in [0.25, 0.3) is 27.8 Å². The molecule has 130 valence electrons. The van der Waals surface area contributed by atoms with Gasteiger partial charge in [-0.2, -0.15) is 0 Å². The van der Waals surface area contributed by atoms with Crippen LogP contribution in [0.3, 0.4) is 0 Å². The molecule has 4 rings (SSSR count). The molecule has 0 saturated carbocycles. The van der Waals surface area contributed by atoms with E-state index in [1.165, 1.54) is 18.4 Å². The molecule has 26 heavy (non-hydrogen) atoms. The summed E-state index contributed by atoms with van der Waals surface area (Å²) in [5, 5.41) is 0.760. The number of pyridine rings is 1. The summed E-state index contributed by atoms with van der Waals surface area (Å²) in [6, 6.07) is 17.0. The minimum absolute atomic E-state index is 0.260. The van der Waals surface area contributed by atoms with Gasteiger partial charge in [0.1, 0.15) is 5.82 Å². The molecule has 0 aliphatic carbocycles. The van der Waals surface area contributed by atoms with Gasteiger partial charge in [0, 0.05) is 17.8 Å². The smallest absolute Gasteiger partial charge is 0.175 e. The van der Waals surface area contributed by atoms with Crippen molar-refractivity contribution in [3.05, 3.63) is 78.9 Å². The molecule has 0 spiro atoms. The average Bonchev–Trinajstić information content (AvgIpc) is 3.00. The van der Waals surface area contributed by atoms with Crippen LogP contribution in [-0.2, 0) is 9.84 Å². The first-order valence-corrected chi connectivity index (χ1v) is 9.84. The van der Waals surface area contributed by atoms with Crippen molar-refractivity contribution in [3.63, 3.8) is 0 Å². The summed E-state index contributed by atoms with van der Waals surface area (Å²) in [4.78, 5) is 4.43. The van der Waals surface area contributed by atoms with E-state index in [2.05, 4.69) is 4.98 Å². The fourth-order valence-corrected chi connectivity index (χ4v) is 3.67. The van der Waals surface area contributed by atoms with E-state index >= 15 is 0 Å². The third-order valence-corrected chi connectivity index (χ3v) is 5.37. The van der Waals surface area contributed by atoms with Gasteiger partial charge in [0.25, 0.3) is 0 Å². The topological polar surface area (TPSA) is 52.0 Å². The predicted octanol–water partition coefficient (Wildman–Crippen LogP) is 4.24. The molecule has 6 heteroatoms. The maximum absolute atomic E-state index is 13.7. The van der Waals surface area contributed by atoms with Gasteiger partial charge in [-0.25, -0.2) is 12.8 Å². The highest BCUT2D eigenvalue weighted by Gasteiger charge is 2.14. The van der Waals surface area contributed by atoms with Crippen molar-refractivity contribution in [3.8, 4) is 16.9 Å². The summed E-state index contributed by atoms with van der Waals surface area (Å²) in [5.41, 5.74) is 3.36. The normalized spacial score (nSPS) is 11.8. The van der Waals surface area contributed by atoms with Crippen LogP contribution in [-0.4, -0.2) is 24.2 Å². The lowest BCUT2D eigenvalue weighted by Gasteiger charge is -2.11. The number of fused-ring (bicyclic) bond motifs is 1. The van der Waals surface area contributed by atoms with Gasteiger partial charge in [-0.1, -0.05) is 12.1 Å². The fraction of sp³-hybridized carbons (Fsp3) is 0.0500. The molecule has 0 unspecified atom stereocenters. The summed E-state index contributed by atoms with van der Waals surface area (Å²) >= 11 is 0. The van der Waals surface area contributed by atoms with E-state index in [-0.39, 0.29) is 10.7 Å². The highest BCUT2D eigenvalue weighted by molar-refractivity contribution is 7.90. The van der Waals surface area contributed by atoms with Crippen molar-refractivity contribution >= 4 is 20.7 Å². The summed E-state index contributed by atoms with van der Waals surface area (Å²) < 4.78 is 39.0. The molecule has 0 aliphatic heterocycles. The van der Waals surface area contributed by atoms with Crippen LogP contribution in [0, 0.1) is 5.82 Å². The second-order valence-electron chi connectivity index (χ2n) is 6.08. The van der Waals surface area contributed by atoms with Gasteiger partial charge >= 0.3 is 0 Å². The Morgan fingerprint density at radius 2 is 1.77 bits per heavy atom. The van der Waals surface area contributed by atoms with Crippen LogP contribution in [0.15, 0.2) is 78.0 Å². The molecule has 2 aromatic carbocycles. The van der Waals surface area contributed by atoms with Gasteiger partial charge in [-0.15, -0.1) is 0 Å². The zero-order valence-corrected chi connectivity index (χ0v) is 14.7. The minimum atomic E-state index is -3.26. The molecular formula is C20H15FN2O2S. The van der Waals surface area contributed by atoms with Crippen LogP contribution < -0.4 is 0 Å². The standard InChI is InChI=1S/C20H15FN2O2S/c1-26(24,25)18-7-4-14(5-8-18)20-12-15-11-16(21)6-9-19(15)23(20)17-3-2-10-22-13-17/h2-13H,1H3. The zero-order chi connectivity index (χ0) is 18.3. The maximum atomic E-state index is 13.7. The number of sulfone groups is 1. The lowest BCUT2D eigenvalue weighted by molar-refractivity contribution is 0.602. The van der Waals surface area contributed by atoms with Gasteiger partial charge in [-0.3, -0.25) is 4.98 Å². The molecule has 4 nitrogen and oxygen atoms in total. The fourth-order valence-electron chi connectivity index (χ4n) is 3.04. The SMILES string of the molecule is CS(=O)(=O)c1ccc(-c2cc3cc(F)ccc3n2-c2cccnc2)cc1. The highest BCUT2D eigenvalue weighted by Crippen LogP contribution is 2.32. The van der Waals surface area contributed by atoms with E-state index in [1.54, 1.807) is 42.7 Å². The molecule has 2 aromatic heterocycles. The van der Waals surface area contributed by atoms with Crippen LogP contribution >= 0.6 is 0 Å². The molecule has 2 heterocycles. The maximum Gasteiger partial charge on any atom is 0.175 e. The van der Waals surface area contributed by atoms with E-state index in [0.717, 1.165) is 27.8 Å². The van der Waals surface area contributed by atoms with Crippen LogP contribution in [0.2, 0.25) is 0 Å². The summed E-state index contributed by atoms with van der Waals surface area (Å²) in [6.45, 7) is 0. The van der Waals surface area contributed by atoms with E-state index in [9.17, 15) is 12.8 Å². The molecule has 0 amide bonds. The predicted molar refractivity (Wildman–Crippen MR) is 99.6 cm³/mol. The molecule has 0 atom stereocenters. The number of hydrogen-bond donors (Lipinski definition) is 0. The van der Waals surface area contributed by atoms with Crippen molar-refractivity contribution in [1.82, 2.24) is 9.55 Å². The molecule has 0 radical (unpaired) electrons. The van der Waals surface area contributed by atoms with Gasteiger partial charge in [-0.05, 0) is 54.1 Å². The van der Waals surface area contributed by atoms with E-state index in [4.69, 9.17) is 0 Å². The third kappa shape index (κ3) is 2.88. The lowest BCUT2D eigenvalue weighted by Crippen LogP contribution is -1.99. The van der Waals surface area contributed by atoms with Crippen molar-refractivity contribution in [2.24, 2.45) is 0 Å². The Bertz CT molecular complexity index is 1200. The summed E-state index contributed by atoms with van der Waals surface area (Å²) in [6.07, 6.45) is 4.60. The van der Waals surface area contributed by atoms with Crippen molar-refractivity contribution < 1.29 is 12.8 Å². The molecule has 0 N–H and O–H groups in total. The second kappa shape index (κ2) is 6.07. The number of aromatic nitrogens is 2. The first-order chi connectivity index (χ1) is 12.4. The van der Waals surface area contributed by atoms with E-state index < -0.39 is 9.84 Å². The van der Waals surface area contributed by atoms with Gasteiger partial charge in [0.15, 0.2) is 9.84 Å². The van der Waals surface area contributed by atoms with Gasteiger partial charge < -0.3 is 4.57 Å². The number of nitrogens with zero attached hydrogens (tertiary/aromatic N) is 2. The largest absolute Gasteiger partial charge is 0.308 e. The molecule has 0 fully saturated rings. The lowest BCUT2D eigenvalue weighted by atomic mass is 10.1. The number of halogens is 1. The van der Waals surface area contributed by atoms with E-state index in [0.29, 0.717) is 0 Å². The number of benzene rings is 2. The third-order valence-electron chi connectivity index (χ3n) is 4.25. The Morgan fingerprint density at radius 1 is 1.00 bits per heavy atom. The van der Waals surface area contributed by atoms with Crippen LogP contribution in [0.1, 0.15) is 0 Å². The quantitative estimate of drug-likeness (QED) is 0.545. The minimum Gasteiger partial charge on any atom is -0.308 e. The molecule has 0 saturated heterocycles. The first kappa shape index (κ1) is 16.5. The van der Waals surface area contributed by atoms with Crippen LogP contribution in [0.5, 0.6) is 0 Å². The van der Waals surface area contributed by atoms with E-state index in [1.807, 2.05) is 22.8 Å². The Labute approximate surface area is 150 Å². The Kier molecular flexibility index (Phi) is 3.85. The summed E-state index contributed by atoms with van der Waals surface area (Å²) in [5.74, 6) is -0.306. The van der Waals surface area contributed by atoms with Gasteiger partial charge in [0.2, 0.25) is 0 Å². The van der Waals surface area contributed by atoms with Crippen molar-refractivity contribution in [1.29, 1.82) is 0 Å². The summed E-state index contributed by atoms with van der Waals surface area (Å²) in [7, 11) is -3.26. The Balaban J connectivity index is 1.97. The monoisotopic (exact) mass is 366 g/mol. The van der Waals surface area contributed by atoms with Crippen molar-refractivity contribution in [2.75, 3.05) is 6.26 Å². The molecule has 0 bridgehead atoms. The number of hydrogen-bond acceptors (Lipinski definition) is 3. The molecule has 0 aliphatic rings. The zero-order valence-electron chi connectivity index (χ0n) is 13.9. The first-order valence-electron chi connectivity index (χ1n) is 7.95. The Hall–Kier alpha value is -2.99. The van der Waals surface area contributed by atoms with Gasteiger partial charge in [0.05, 0.1) is 28.0 Å². The molecule has 4 aromatic rings. The average molecular weight is 366 g/mol. The Morgan fingerprint density at radius 3 is 2.42 bits per heavy atom. The highest BCUT2D eigenvalue weighted by atomic mass is 32.2. The number of rotatable bonds is 3. The van der Waals surface area contributed by atoms with Crippen LogP contribution in [0.4, 0.5) is 4.39 Å². The second-order valence-corrected chi connectivity index (χ2v) is 8.09.